The molecule has 0 aliphatic heterocycles. The Kier molecular flexibility index (Phi) is 5.54. The molecule has 2 N–H and O–H groups in total. The van der Waals surface area contributed by atoms with Gasteiger partial charge in [-0.1, -0.05) is 18.2 Å². The summed E-state index contributed by atoms with van der Waals surface area (Å²) < 4.78 is 30.3. The monoisotopic (exact) mass is 437 g/mol. The highest BCUT2D eigenvalue weighted by Crippen LogP contribution is 2.26. The maximum Gasteiger partial charge on any atom is 0.238 e. The summed E-state index contributed by atoms with van der Waals surface area (Å²) in [5.41, 5.74) is 3.63. The van der Waals surface area contributed by atoms with E-state index in [-0.39, 0.29) is 4.90 Å². The average Bonchev–Trinajstić information content (AvgIpc) is 3.17. The number of methoxy groups -OCH3 is 1. The summed E-state index contributed by atoms with van der Waals surface area (Å²) in [6.45, 7) is 0. The first-order valence-electron chi connectivity index (χ1n) is 9.04. The van der Waals surface area contributed by atoms with Crippen molar-refractivity contribution in [3.8, 4) is 22.7 Å². The van der Waals surface area contributed by atoms with E-state index in [1.807, 2.05) is 60.0 Å². The number of hydrogen-bond donors (Lipinski definition) is 1. The first-order valence-corrected chi connectivity index (χ1v) is 11.5. The van der Waals surface area contributed by atoms with Crippen LogP contribution >= 0.6 is 11.3 Å². The molecule has 0 fully saturated rings. The smallest absolute Gasteiger partial charge is 0.238 e. The second kappa shape index (κ2) is 8.27. The number of thiazole rings is 1. The molecule has 30 heavy (non-hydrogen) atoms. The Morgan fingerprint density at radius 2 is 1.60 bits per heavy atom. The van der Waals surface area contributed by atoms with Gasteiger partial charge < -0.3 is 4.74 Å². The Hall–Kier alpha value is -3.20. The molecule has 1 heterocycles. The Bertz CT molecular complexity index is 1320. The summed E-state index contributed by atoms with van der Waals surface area (Å²) in [5, 5.41) is 7.23. The van der Waals surface area contributed by atoms with Gasteiger partial charge in [0.15, 0.2) is 4.80 Å². The molecule has 0 atom stereocenters. The third kappa shape index (κ3) is 4.20. The van der Waals surface area contributed by atoms with Crippen molar-refractivity contribution >= 4 is 27.0 Å². The van der Waals surface area contributed by atoms with Crippen molar-refractivity contribution in [3.63, 3.8) is 0 Å². The minimum atomic E-state index is -3.74. The van der Waals surface area contributed by atoms with Gasteiger partial charge in [-0.25, -0.2) is 18.5 Å². The van der Waals surface area contributed by atoms with E-state index >= 15 is 0 Å². The van der Waals surface area contributed by atoms with Gasteiger partial charge in [0.2, 0.25) is 10.0 Å². The number of para-hydroxylation sites is 1. The van der Waals surface area contributed by atoms with Crippen LogP contribution in [0, 0.1) is 0 Å². The number of primary sulfonamides is 1. The molecule has 1 aromatic heterocycles. The zero-order valence-corrected chi connectivity index (χ0v) is 17.7. The SMILES string of the molecule is COc1ccc(-c2csc(=Nc3ccc(S(N)(=O)=O)cc3)n2-c2ccccc2)cc1. The van der Waals surface area contributed by atoms with Crippen LogP contribution in [0.1, 0.15) is 0 Å². The van der Waals surface area contributed by atoms with Gasteiger partial charge in [-0.3, -0.25) is 4.57 Å². The maximum absolute atomic E-state index is 11.5. The molecule has 0 saturated carbocycles. The Morgan fingerprint density at radius 1 is 0.933 bits per heavy atom. The Balaban J connectivity index is 1.86. The van der Waals surface area contributed by atoms with E-state index in [0.717, 1.165) is 27.5 Å². The van der Waals surface area contributed by atoms with Crippen molar-refractivity contribution in [3.05, 3.63) is 89.0 Å². The number of benzene rings is 3. The fraction of sp³-hybridized carbons (Fsp3) is 0.0455. The molecule has 0 aliphatic rings. The number of sulfonamides is 1. The molecule has 0 aliphatic carbocycles. The van der Waals surface area contributed by atoms with Crippen LogP contribution in [-0.2, 0) is 10.0 Å². The number of rotatable bonds is 5. The fourth-order valence-corrected chi connectivity index (χ4v) is 4.44. The van der Waals surface area contributed by atoms with Crippen molar-refractivity contribution in [2.75, 3.05) is 7.11 Å². The average molecular weight is 438 g/mol. The van der Waals surface area contributed by atoms with Gasteiger partial charge in [-0.15, -0.1) is 11.3 Å². The molecular formula is C22H19N3O3S2. The van der Waals surface area contributed by atoms with E-state index in [1.54, 1.807) is 19.2 Å². The zero-order chi connectivity index (χ0) is 21.1. The summed E-state index contributed by atoms with van der Waals surface area (Å²) in [6, 6.07) is 24.0. The van der Waals surface area contributed by atoms with Crippen LogP contribution in [0.2, 0.25) is 0 Å². The van der Waals surface area contributed by atoms with Crippen LogP contribution in [0.25, 0.3) is 16.9 Å². The highest BCUT2D eigenvalue weighted by Gasteiger charge is 2.11. The summed E-state index contributed by atoms with van der Waals surface area (Å²) >= 11 is 1.50. The van der Waals surface area contributed by atoms with Crippen molar-refractivity contribution in [2.24, 2.45) is 10.1 Å². The van der Waals surface area contributed by atoms with E-state index in [0.29, 0.717) is 5.69 Å². The largest absolute Gasteiger partial charge is 0.497 e. The second-order valence-electron chi connectivity index (χ2n) is 6.45. The summed E-state index contributed by atoms with van der Waals surface area (Å²) in [4.78, 5) is 5.56. The fourth-order valence-electron chi connectivity index (χ4n) is 3.00. The van der Waals surface area contributed by atoms with Crippen molar-refractivity contribution in [2.45, 2.75) is 4.90 Å². The quantitative estimate of drug-likeness (QED) is 0.510. The molecule has 0 saturated heterocycles. The lowest BCUT2D eigenvalue weighted by atomic mass is 10.1. The molecule has 0 radical (unpaired) electrons. The Labute approximate surface area is 178 Å². The predicted octanol–water partition coefficient (Wildman–Crippen LogP) is 4.09. The molecule has 0 bridgehead atoms. The van der Waals surface area contributed by atoms with Crippen LogP contribution in [0.3, 0.4) is 0 Å². The van der Waals surface area contributed by atoms with Crippen molar-refractivity contribution < 1.29 is 13.2 Å². The van der Waals surface area contributed by atoms with E-state index in [4.69, 9.17) is 14.9 Å². The lowest BCUT2D eigenvalue weighted by Gasteiger charge is -2.10. The minimum absolute atomic E-state index is 0.0579. The van der Waals surface area contributed by atoms with Gasteiger partial charge in [-0.05, 0) is 66.2 Å². The highest BCUT2D eigenvalue weighted by molar-refractivity contribution is 7.89. The summed E-state index contributed by atoms with van der Waals surface area (Å²) in [6.07, 6.45) is 0. The van der Waals surface area contributed by atoms with Gasteiger partial charge >= 0.3 is 0 Å². The summed E-state index contributed by atoms with van der Waals surface area (Å²) in [5.74, 6) is 0.792. The number of aromatic nitrogens is 1. The molecule has 0 spiro atoms. The van der Waals surface area contributed by atoms with Gasteiger partial charge in [0.05, 0.1) is 23.4 Å². The number of ether oxygens (including phenoxy) is 1. The third-order valence-corrected chi connectivity index (χ3v) is 6.25. The first-order chi connectivity index (χ1) is 14.5. The predicted molar refractivity (Wildman–Crippen MR) is 119 cm³/mol. The molecule has 8 heteroatoms. The number of nitrogens with zero attached hydrogens (tertiary/aromatic N) is 2. The first kappa shape index (κ1) is 20.1. The third-order valence-electron chi connectivity index (χ3n) is 4.50. The standard InChI is InChI=1S/C22H19N3O3S2/c1-28-19-11-7-16(8-12-19)21-15-29-22(25(21)18-5-3-2-4-6-18)24-17-9-13-20(14-10-17)30(23,26)27/h2-15H,1H3,(H2,23,26,27). The second-order valence-corrected chi connectivity index (χ2v) is 8.85. The van der Waals surface area contributed by atoms with Crippen LogP contribution in [0.4, 0.5) is 5.69 Å². The van der Waals surface area contributed by atoms with Crippen molar-refractivity contribution in [1.29, 1.82) is 0 Å². The van der Waals surface area contributed by atoms with E-state index < -0.39 is 10.0 Å². The van der Waals surface area contributed by atoms with Crippen LogP contribution in [0.5, 0.6) is 5.75 Å². The molecule has 0 unspecified atom stereocenters. The molecule has 4 aromatic rings. The maximum atomic E-state index is 11.5. The molecule has 152 valence electrons. The lowest BCUT2D eigenvalue weighted by Crippen LogP contribution is -2.13. The highest BCUT2D eigenvalue weighted by atomic mass is 32.2. The van der Waals surface area contributed by atoms with Gasteiger partial charge in [0.25, 0.3) is 0 Å². The molecule has 4 rings (SSSR count). The van der Waals surface area contributed by atoms with Gasteiger partial charge in [-0.2, -0.15) is 0 Å². The summed E-state index contributed by atoms with van der Waals surface area (Å²) in [7, 11) is -2.10. The van der Waals surface area contributed by atoms with E-state index in [1.165, 1.54) is 23.5 Å². The normalized spacial score (nSPS) is 12.1. The Morgan fingerprint density at radius 3 is 2.20 bits per heavy atom. The molecule has 6 nitrogen and oxygen atoms in total. The van der Waals surface area contributed by atoms with E-state index in [9.17, 15) is 8.42 Å². The number of nitrogens with two attached hydrogens (primary N) is 1. The van der Waals surface area contributed by atoms with Crippen molar-refractivity contribution in [1.82, 2.24) is 4.57 Å². The molecule has 3 aromatic carbocycles. The van der Waals surface area contributed by atoms with Crippen LogP contribution in [0.15, 0.2) is 94.1 Å². The van der Waals surface area contributed by atoms with Gasteiger partial charge in [0, 0.05) is 11.1 Å². The molecule has 0 amide bonds. The topological polar surface area (TPSA) is 86.7 Å². The van der Waals surface area contributed by atoms with Crippen LogP contribution < -0.4 is 14.7 Å². The van der Waals surface area contributed by atoms with E-state index in [2.05, 4.69) is 4.57 Å². The lowest BCUT2D eigenvalue weighted by molar-refractivity contribution is 0.415. The number of hydrogen-bond acceptors (Lipinski definition) is 5. The van der Waals surface area contributed by atoms with Gasteiger partial charge in [0.1, 0.15) is 5.75 Å². The molecular weight excluding hydrogens is 418 g/mol. The van der Waals surface area contributed by atoms with Crippen LogP contribution in [-0.4, -0.2) is 20.1 Å². The zero-order valence-electron chi connectivity index (χ0n) is 16.1. The minimum Gasteiger partial charge on any atom is -0.497 e.